The molecule has 0 unspecified atom stereocenters. The maximum atomic E-state index is 14.1. The number of benzene rings is 2. The normalized spacial score (nSPS) is 12.4. The zero-order valence-electron chi connectivity index (χ0n) is 20.3. The Bertz CT molecular complexity index is 1240. The SMILES string of the molecule is C=Cc1c(S(=O)(=O)N[Si](c2ccccc2)(c2ccccc2)C(C)(C)C)cn(C)c1C(=O)OCC. The van der Waals surface area contributed by atoms with Crippen molar-refractivity contribution in [1.82, 2.24) is 8.95 Å². The topological polar surface area (TPSA) is 77.4 Å². The lowest BCUT2D eigenvalue weighted by molar-refractivity contribution is 0.0515. The Kier molecular flexibility index (Phi) is 7.35. The summed E-state index contributed by atoms with van der Waals surface area (Å²) in [5, 5.41) is 1.45. The summed E-state index contributed by atoms with van der Waals surface area (Å²) in [4.78, 5) is 12.6. The van der Waals surface area contributed by atoms with Crippen molar-refractivity contribution in [2.45, 2.75) is 37.6 Å². The van der Waals surface area contributed by atoms with E-state index in [9.17, 15) is 13.2 Å². The summed E-state index contributed by atoms with van der Waals surface area (Å²) in [7, 11) is -5.60. The van der Waals surface area contributed by atoms with Crippen molar-refractivity contribution in [3.8, 4) is 0 Å². The lowest BCUT2D eigenvalue weighted by Gasteiger charge is -2.43. The van der Waals surface area contributed by atoms with Gasteiger partial charge in [0.1, 0.15) is 10.6 Å². The van der Waals surface area contributed by atoms with E-state index in [1.807, 2.05) is 60.7 Å². The van der Waals surface area contributed by atoms with Gasteiger partial charge in [-0.05, 0) is 22.3 Å². The third-order valence-electron chi connectivity index (χ3n) is 5.97. The molecule has 0 radical (unpaired) electrons. The number of carbonyl (C=O) groups excluding carboxylic acids is 1. The fourth-order valence-electron chi connectivity index (χ4n) is 4.42. The molecule has 0 bridgehead atoms. The Balaban J connectivity index is 2.29. The third-order valence-corrected chi connectivity index (χ3v) is 13.8. The quantitative estimate of drug-likeness (QED) is 0.381. The Labute approximate surface area is 203 Å². The summed E-state index contributed by atoms with van der Waals surface area (Å²) in [5.41, 5.74) is 0.381. The van der Waals surface area contributed by atoms with E-state index in [1.165, 1.54) is 16.8 Å². The highest BCUT2D eigenvalue weighted by Crippen LogP contribution is 2.36. The molecule has 8 heteroatoms. The van der Waals surface area contributed by atoms with Gasteiger partial charge in [0.2, 0.25) is 18.3 Å². The first-order valence-electron chi connectivity index (χ1n) is 11.1. The highest BCUT2D eigenvalue weighted by atomic mass is 32.2. The highest BCUT2D eigenvalue weighted by Gasteiger charge is 2.51. The first kappa shape index (κ1) is 25.7. The van der Waals surface area contributed by atoms with Crippen LogP contribution in [0.15, 0.2) is 78.3 Å². The van der Waals surface area contributed by atoms with Gasteiger partial charge in [-0.15, -0.1) is 0 Å². The van der Waals surface area contributed by atoms with Gasteiger partial charge in [0.15, 0.2) is 0 Å². The van der Waals surface area contributed by atoms with Gasteiger partial charge in [0.25, 0.3) is 0 Å². The second-order valence-electron chi connectivity index (χ2n) is 9.13. The predicted molar refractivity (Wildman–Crippen MR) is 139 cm³/mol. The van der Waals surface area contributed by atoms with Crippen LogP contribution in [0.5, 0.6) is 0 Å². The molecule has 0 spiro atoms. The monoisotopic (exact) mass is 496 g/mol. The van der Waals surface area contributed by atoms with Gasteiger partial charge in [-0.2, -0.15) is 0 Å². The molecule has 34 heavy (non-hydrogen) atoms. The van der Waals surface area contributed by atoms with Crippen LogP contribution >= 0.6 is 0 Å². The summed E-state index contributed by atoms with van der Waals surface area (Å²) in [6, 6.07) is 19.5. The number of carbonyl (C=O) groups is 1. The molecule has 0 saturated carbocycles. The maximum Gasteiger partial charge on any atom is 0.355 e. The fourth-order valence-corrected chi connectivity index (χ4v) is 12.9. The first-order valence-corrected chi connectivity index (χ1v) is 14.6. The fraction of sp³-hybridized carbons (Fsp3) is 0.269. The number of aryl methyl sites for hydroxylation is 1. The molecule has 0 saturated heterocycles. The van der Waals surface area contributed by atoms with E-state index in [0.29, 0.717) is 0 Å². The van der Waals surface area contributed by atoms with Crippen LogP contribution in [-0.4, -0.2) is 33.8 Å². The van der Waals surface area contributed by atoms with Gasteiger partial charge >= 0.3 is 5.97 Å². The van der Waals surface area contributed by atoms with Crippen LogP contribution in [0.25, 0.3) is 6.08 Å². The zero-order chi connectivity index (χ0) is 25.1. The Morgan fingerprint density at radius 1 is 1.06 bits per heavy atom. The molecule has 3 rings (SSSR count). The minimum absolute atomic E-state index is 0.000963. The largest absolute Gasteiger partial charge is 0.461 e. The second kappa shape index (κ2) is 9.73. The van der Waals surface area contributed by atoms with E-state index in [2.05, 4.69) is 31.7 Å². The van der Waals surface area contributed by atoms with Crippen LogP contribution in [-0.2, 0) is 21.8 Å². The van der Waals surface area contributed by atoms with Gasteiger partial charge < -0.3 is 9.30 Å². The smallest absolute Gasteiger partial charge is 0.355 e. The minimum atomic E-state index is -4.08. The molecule has 0 aliphatic rings. The maximum absolute atomic E-state index is 14.1. The van der Waals surface area contributed by atoms with Gasteiger partial charge in [-0.1, -0.05) is 94.1 Å². The lowest BCUT2D eigenvalue weighted by Crippen LogP contribution is -2.74. The third kappa shape index (κ3) is 4.53. The molecular weight excluding hydrogens is 464 g/mol. The van der Waals surface area contributed by atoms with Gasteiger partial charge in [-0.3, -0.25) is 0 Å². The number of ether oxygens (including phenoxy) is 1. The van der Waals surface area contributed by atoms with Gasteiger partial charge in [-0.25, -0.2) is 17.6 Å². The number of nitrogens with zero attached hydrogens (tertiary/aromatic N) is 1. The molecule has 0 atom stereocenters. The molecule has 0 fully saturated rings. The molecule has 1 N–H and O–H groups in total. The number of rotatable bonds is 8. The van der Waals surface area contributed by atoms with Crippen LogP contribution < -0.4 is 14.8 Å². The standard InChI is InChI=1S/C26H32N2O4SSi/c1-7-22-23(19-28(6)24(22)25(29)32-8-2)33(30,31)27-34(26(3,4)5,20-15-11-9-12-16-20)21-17-13-10-14-18-21/h7,9-19,27H,1,8H2,2-6H3. The molecule has 0 amide bonds. The number of nitrogens with one attached hydrogen (secondary N) is 1. The Morgan fingerprint density at radius 3 is 1.97 bits per heavy atom. The molecule has 1 aromatic heterocycles. The van der Waals surface area contributed by atoms with Crippen molar-refractivity contribution in [3.05, 3.63) is 84.7 Å². The van der Waals surface area contributed by atoms with Crippen LogP contribution in [0.2, 0.25) is 5.04 Å². The number of hydrogen-bond donors (Lipinski definition) is 1. The summed E-state index contributed by atoms with van der Waals surface area (Å²) in [6.45, 7) is 11.9. The summed E-state index contributed by atoms with van der Waals surface area (Å²) in [6.07, 6.45) is 2.84. The number of aromatic nitrogens is 1. The van der Waals surface area contributed by atoms with E-state index in [4.69, 9.17) is 4.74 Å². The minimum Gasteiger partial charge on any atom is -0.461 e. The van der Waals surface area contributed by atoms with Crippen molar-refractivity contribution in [1.29, 1.82) is 0 Å². The van der Waals surface area contributed by atoms with Gasteiger partial charge in [0.05, 0.1) is 6.61 Å². The average Bonchev–Trinajstić information content (AvgIpc) is 3.15. The first-order chi connectivity index (χ1) is 16.0. The summed E-state index contributed by atoms with van der Waals surface area (Å²) in [5.74, 6) is -0.591. The average molecular weight is 497 g/mol. The molecule has 0 aliphatic carbocycles. The van der Waals surface area contributed by atoms with Crippen molar-refractivity contribution < 1.29 is 17.9 Å². The zero-order valence-corrected chi connectivity index (χ0v) is 22.1. The summed E-state index contributed by atoms with van der Waals surface area (Å²) < 4.78 is 38.0. The van der Waals surface area contributed by atoms with Crippen LogP contribution in [0.1, 0.15) is 43.7 Å². The van der Waals surface area contributed by atoms with Crippen molar-refractivity contribution in [2.75, 3.05) is 6.61 Å². The van der Waals surface area contributed by atoms with E-state index < -0.39 is 29.3 Å². The van der Waals surface area contributed by atoms with Crippen LogP contribution in [0.4, 0.5) is 0 Å². The molecule has 1 heterocycles. The van der Waals surface area contributed by atoms with E-state index in [0.717, 1.165) is 10.4 Å². The molecule has 2 aromatic carbocycles. The van der Waals surface area contributed by atoms with Gasteiger partial charge in [0, 0.05) is 18.8 Å². The van der Waals surface area contributed by atoms with E-state index >= 15 is 0 Å². The molecule has 180 valence electrons. The lowest BCUT2D eigenvalue weighted by atomic mass is 10.2. The van der Waals surface area contributed by atoms with E-state index in [-0.39, 0.29) is 22.8 Å². The summed E-state index contributed by atoms with van der Waals surface area (Å²) >= 11 is 0. The molecular formula is C26H32N2O4SSi. The molecule has 0 aliphatic heterocycles. The van der Waals surface area contributed by atoms with Crippen molar-refractivity contribution in [2.24, 2.45) is 7.05 Å². The Hall–Kier alpha value is -2.94. The number of hydrogen-bond acceptors (Lipinski definition) is 4. The molecule has 6 nitrogen and oxygen atoms in total. The second-order valence-corrected chi connectivity index (χ2v) is 15.5. The Morgan fingerprint density at radius 2 is 1.56 bits per heavy atom. The van der Waals surface area contributed by atoms with Crippen molar-refractivity contribution in [3.63, 3.8) is 0 Å². The van der Waals surface area contributed by atoms with Crippen molar-refractivity contribution >= 4 is 40.7 Å². The predicted octanol–water partition coefficient (Wildman–Crippen LogP) is 3.68. The number of sulfonamides is 1. The molecule has 3 aromatic rings. The van der Waals surface area contributed by atoms with Crippen LogP contribution in [0.3, 0.4) is 0 Å². The van der Waals surface area contributed by atoms with E-state index in [1.54, 1.807) is 14.0 Å². The van der Waals surface area contributed by atoms with Crippen LogP contribution in [0, 0.1) is 0 Å². The number of esters is 1. The highest BCUT2D eigenvalue weighted by molar-refractivity contribution is 7.91.